The molecule has 0 saturated carbocycles. The first-order valence-electron chi connectivity index (χ1n) is 7.11. The lowest BCUT2D eigenvalue weighted by atomic mass is 9.90. The molecular formula is C14H27N3O2. The standard InChI is InChI=1S/C14H27N3O2/c1-11(2)8-12(18)16-6-4-13(19)17-7-5-14(3,9-15)10-17/h11H,4-10,15H2,1-3H3,(H,16,18). The fraction of sp³-hybridized carbons (Fsp3) is 0.857. The lowest BCUT2D eigenvalue weighted by Gasteiger charge is -2.22. The van der Waals surface area contributed by atoms with E-state index in [0.717, 1.165) is 19.5 Å². The van der Waals surface area contributed by atoms with Crippen molar-refractivity contribution < 1.29 is 9.59 Å². The number of hydrogen-bond donors (Lipinski definition) is 2. The Morgan fingerprint density at radius 3 is 2.63 bits per heavy atom. The van der Waals surface area contributed by atoms with Crippen molar-refractivity contribution in [3.05, 3.63) is 0 Å². The molecule has 5 nitrogen and oxygen atoms in total. The highest BCUT2D eigenvalue weighted by atomic mass is 16.2. The van der Waals surface area contributed by atoms with Gasteiger partial charge in [0, 0.05) is 32.5 Å². The molecule has 0 bridgehead atoms. The average Bonchev–Trinajstić information content (AvgIpc) is 2.72. The van der Waals surface area contributed by atoms with E-state index in [-0.39, 0.29) is 17.2 Å². The molecule has 19 heavy (non-hydrogen) atoms. The molecule has 1 saturated heterocycles. The number of nitrogens with two attached hydrogens (primary N) is 1. The summed E-state index contributed by atoms with van der Waals surface area (Å²) in [5, 5.41) is 2.79. The molecule has 0 aromatic heterocycles. The predicted molar refractivity (Wildman–Crippen MR) is 75.4 cm³/mol. The minimum Gasteiger partial charge on any atom is -0.356 e. The highest BCUT2D eigenvalue weighted by Crippen LogP contribution is 2.28. The molecule has 5 heteroatoms. The maximum atomic E-state index is 12.0. The van der Waals surface area contributed by atoms with Gasteiger partial charge in [0.05, 0.1) is 0 Å². The Morgan fingerprint density at radius 2 is 2.11 bits per heavy atom. The van der Waals surface area contributed by atoms with Crippen LogP contribution in [-0.4, -0.2) is 42.9 Å². The lowest BCUT2D eigenvalue weighted by Crippen LogP contribution is -2.36. The van der Waals surface area contributed by atoms with E-state index in [0.29, 0.717) is 31.8 Å². The van der Waals surface area contributed by atoms with Gasteiger partial charge in [-0.1, -0.05) is 20.8 Å². The predicted octanol–water partition coefficient (Wildman–Crippen LogP) is 0.736. The second-order valence-electron chi connectivity index (χ2n) is 6.28. The highest BCUT2D eigenvalue weighted by molar-refractivity contribution is 5.79. The third-order valence-electron chi connectivity index (χ3n) is 3.66. The Balaban J connectivity index is 2.24. The molecule has 110 valence electrons. The minimum atomic E-state index is 0.0241. The summed E-state index contributed by atoms with van der Waals surface area (Å²) in [6.45, 7) is 8.69. The van der Waals surface area contributed by atoms with Crippen LogP contribution >= 0.6 is 0 Å². The fourth-order valence-electron chi connectivity index (χ4n) is 2.31. The van der Waals surface area contributed by atoms with Gasteiger partial charge in [-0.15, -0.1) is 0 Å². The van der Waals surface area contributed by atoms with Gasteiger partial charge in [-0.25, -0.2) is 0 Å². The number of rotatable bonds is 6. The Bertz CT molecular complexity index is 331. The van der Waals surface area contributed by atoms with Crippen molar-refractivity contribution in [1.29, 1.82) is 0 Å². The number of carbonyl (C=O) groups is 2. The van der Waals surface area contributed by atoms with E-state index in [1.165, 1.54) is 0 Å². The fourth-order valence-corrected chi connectivity index (χ4v) is 2.31. The molecule has 1 aliphatic heterocycles. The molecular weight excluding hydrogens is 242 g/mol. The van der Waals surface area contributed by atoms with Gasteiger partial charge in [0.2, 0.25) is 11.8 Å². The molecule has 0 aliphatic carbocycles. The summed E-state index contributed by atoms with van der Waals surface area (Å²) in [6, 6.07) is 0. The Kier molecular flexibility index (Phi) is 5.79. The maximum absolute atomic E-state index is 12.0. The van der Waals surface area contributed by atoms with Crippen LogP contribution in [0.1, 0.15) is 40.0 Å². The summed E-state index contributed by atoms with van der Waals surface area (Å²) in [6.07, 6.45) is 1.86. The first kappa shape index (κ1) is 16.0. The molecule has 0 aromatic carbocycles. The van der Waals surface area contributed by atoms with Crippen LogP contribution in [0.5, 0.6) is 0 Å². The summed E-state index contributed by atoms with van der Waals surface area (Å²) in [5.74, 6) is 0.484. The molecule has 1 heterocycles. The number of hydrogen-bond acceptors (Lipinski definition) is 3. The monoisotopic (exact) mass is 269 g/mol. The van der Waals surface area contributed by atoms with Crippen LogP contribution in [0.2, 0.25) is 0 Å². The minimum absolute atomic E-state index is 0.0241. The van der Waals surface area contributed by atoms with Gasteiger partial charge in [-0.2, -0.15) is 0 Å². The SMILES string of the molecule is CC(C)CC(=O)NCCC(=O)N1CCC(C)(CN)C1. The van der Waals surface area contributed by atoms with Crippen molar-refractivity contribution in [2.75, 3.05) is 26.2 Å². The van der Waals surface area contributed by atoms with Crippen molar-refractivity contribution in [2.24, 2.45) is 17.1 Å². The molecule has 1 aliphatic rings. The number of carbonyl (C=O) groups excluding carboxylic acids is 2. The largest absolute Gasteiger partial charge is 0.356 e. The number of nitrogens with zero attached hydrogens (tertiary/aromatic N) is 1. The first-order valence-corrected chi connectivity index (χ1v) is 7.11. The average molecular weight is 269 g/mol. The molecule has 0 spiro atoms. The summed E-state index contributed by atoms with van der Waals surface area (Å²) >= 11 is 0. The molecule has 1 fully saturated rings. The molecule has 2 amide bonds. The van der Waals surface area contributed by atoms with Crippen LogP contribution in [0.25, 0.3) is 0 Å². The zero-order chi connectivity index (χ0) is 14.5. The van der Waals surface area contributed by atoms with Gasteiger partial charge in [0.15, 0.2) is 0 Å². The molecule has 1 rings (SSSR count). The number of nitrogens with one attached hydrogen (secondary N) is 1. The van der Waals surface area contributed by atoms with E-state index in [1.807, 2.05) is 18.7 Å². The Labute approximate surface area is 115 Å². The van der Waals surface area contributed by atoms with Gasteiger partial charge in [-0.05, 0) is 24.3 Å². The van der Waals surface area contributed by atoms with Gasteiger partial charge in [0.25, 0.3) is 0 Å². The van der Waals surface area contributed by atoms with Gasteiger partial charge < -0.3 is 16.0 Å². The smallest absolute Gasteiger partial charge is 0.224 e. The van der Waals surface area contributed by atoms with Crippen molar-refractivity contribution >= 4 is 11.8 Å². The van der Waals surface area contributed by atoms with Crippen molar-refractivity contribution in [2.45, 2.75) is 40.0 Å². The Morgan fingerprint density at radius 1 is 1.42 bits per heavy atom. The number of likely N-dealkylation sites (tertiary alicyclic amines) is 1. The second kappa shape index (κ2) is 6.89. The Hall–Kier alpha value is -1.10. The van der Waals surface area contributed by atoms with E-state index in [4.69, 9.17) is 5.73 Å². The highest BCUT2D eigenvalue weighted by Gasteiger charge is 2.34. The second-order valence-corrected chi connectivity index (χ2v) is 6.28. The van der Waals surface area contributed by atoms with E-state index >= 15 is 0 Å². The lowest BCUT2D eigenvalue weighted by molar-refractivity contribution is -0.130. The van der Waals surface area contributed by atoms with Crippen molar-refractivity contribution in [3.8, 4) is 0 Å². The molecule has 3 N–H and O–H groups in total. The van der Waals surface area contributed by atoms with Crippen LogP contribution in [0.3, 0.4) is 0 Å². The quantitative estimate of drug-likeness (QED) is 0.746. The molecule has 0 radical (unpaired) electrons. The third-order valence-corrected chi connectivity index (χ3v) is 3.66. The van der Waals surface area contributed by atoms with Gasteiger partial charge in [-0.3, -0.25) is 9.59 Å². The summed E-state index contributed by atoms with van der Waals surface area (Å²) < 4.78 is 0. The zero-order valence-electron chi connectivity index (χ0n) is 12.4. The first-order chi connectivity index (χ1) is 8.86. The van der Waals surface area contributed by atoms with E-state index in [9.17, 15) is 9.59 Å². The summed E-state index contributed by atoms with van der Waals surface area (Å²) in [5.41, 5.74) is 5.79. The molecule has 1 atom stereocenters. The van der Waals surface area contributed by atoms with Crippen LogP contribution < -0.4 is 11.1 Å². The van der Waals surface area contributed by atoms with Crippen LogP contribution in [-0.2, 0) is 9.59 Å². The topological polar surface area (TPSA) is 75.4 Å². The van der Waals surface area contributed by atoms with Gasteiger partial charge in [0.1, 0.15) is 0 Å². The van der Waals surface area contributed by atoms with E-state index in [1.54, 1.807) is 0 Å². The normalized spacial score (nSPS) is 22.9. The van der Waals surface area contributed by atoms with Gasteiger partial charge >= 0.3 is 0 Å². The van der Waals surface area contributed by atoms with Crippen LogP contribution in [0, 0.1) is 11.3 Å². The van der Waals surface area contributed by atoms with Crippen molar-refractivity contribution in [1.82, 2.24) is 10.2 Å². The molecule has 1 unspecified atom stereocenters. The summed E-state index contributed by atoms with van der Waals surface area (Å²) in [7, 11) is 0. The molecule has 0 aromatic rings. The third kappa shape index (κ3) is 5.19. The van der Waals surface area contributed by atoms with Crippen LogP contribution in [0.4, 0.5) is 0 Å². The summed E-state index contributed by atoms with van der Waals surface area (Å²) in [4.78, 5) is 25.3. The number of amides is 2. The maximum Gasteiger partial charge on any atom is 0.224 e. The van der Waals surface area contributed by atoms with Crippen molar-refractivity contribution in [3.63, 3.8) is 0 Å². The van der Waals surface area contributed by atoms with Crippen LogP contribution in [0.15, 0.2) is 0 Å². The van der Waals surface area contributed by atoms with E-state index in [2.05, 4.69) is 12.2 Å². The zero-order valence-corrected chi connectivity index (χ0v) is 12.4. The van der Waals surface area contributed by atoms with E-state index < -0.39 is 0 Å².